The molecule has 0 saturated carbocycles. The second kappa shape index (κ2) is 6.08. The number of allylic oxidation sites excluding steroid dienone is 1. The van der Waals surface area contributed by atoms with E-state index in [0.29, 0.717) is 11.4 Å². The summed E-state index contributed by atoms with van der Waals surface area (Å²) in [5, 5.41) is 9.52. The number of benzene rings is 2. The van der Waals surface area contributed by atoms with Crippen LogP contribution in [0.4, 0.5) is 0 Å². The maximum atomic E-state index is 9.52. The van der Waals surface area contributed by atoms with E-state index in [9.17, 15) is 5.26 Å². The lowest BCUT2D eigenvalue weighted by Gasteiger charge is -2.02. The Hall–Kier alpha value is -2.51. The Morgan fingerprint density at radius 1 is 1.18 bits per heavy atom. The molecule has 3 aromatic rings. The number of para-hydroxylation sites is 2. The third-order valence-electron chi connectivity index (χ3n) is 3.58. The quantitative estimate of drug-likeness (QED) is 0.533. The van der Waals surface area contributed by atoms with Crippen LogP contribution in [0.3, 0.4) is 0 Å². The smallest absolute Gasteiger partial charge is 0.151 e. The molecule has 0 spiro atoms. The molecule has 108 valence electrons. The highest BCUT2D eigenvalue weighted by Gasteiger charge is 2.11. The van der Waals surface area contributed by atoms with Gasteiger partial charge in [-0.05, 0) is 42.2 Å². The van der Waals surface area contributed by atoms with Gasteiger partial charge in [0.15, 0.2) is 5.82 Å². The van der Waals surface area contributed by atoms with Crippen molar-refractivity contribution in [1.29, 1.82) is 5.26 Å². The van der Waals surface area contributed by atoms with Crippen LogP contribution in [0.25, 0.3) is 22.7 Å². The van der Waals surface area contributed by atoms with E-state index < -0.39 is 0 Å². The predicted octanol–water partition coefficient (Wildman–Crippen LogP) is 4.36. The van der Waals surface area contributed by atoms with Crippen molar-refractivity contribution in [2.24, 2.45) is 7.05 Å². The lowest BCUT2D eigenvalue weighted by atomic mass is 10.1. The molecule has 1 aromatic heterocycles. The van der Waals surface area contributed by atoms with Gasteiger partial charge in [-0.2, -0.15) is 5.26 Å². The highest BCUT2D eigenvalue weighted by molar-refractivity contribution is 7.98. The van der Waals surface area contributed by atoms with Gasteiger partial charge in [0.25, 0.3) is 0 Å². The Morgan fingerprint density at radius 2 is 1.91 bits per heavy atom. The van der Waals surface area contributed by atoms with Crippen molar-refractivity contribution >= 4 is 34.4 Å². The second-order valence-electron chi connectivity index (χ2n) is 4.93. The maximum absolute atomic E-state index is 9.52. The number of fused-ring (bicyclic) bond motifs is 1. The summed E-state index contributed by atoms with van der Waals surface area (Å²) in [5.74, 6) is 0.692. The highest BCUT2D eigenvalue weighted by Crippen LogP contribution is 2.23. The van der Waals surface area contributed by atoms with Crippen LogP contribution in [0, 0.1) is 11.3 Å². The molecule has 0 atom stereocenters. The van der Waals surface area contributed by atoms with Crippen LogP contribution in [-0.4, -0.2) is 15.8 Å². The van der Waals surface area contributed by atoms with Crippen molar-refractivity contribution < 1.29 is 0 Å². The number of hydrogen-bond donors (Lipinski definition) is 0. The summed E-state index contributed by atoms with van der Waals surface area (Å²) >= 11 is 1.70. The Kier molecular flexibility index (Phi) is 3.99. The monoisotopic (exact) mass is 305 g/mol. The lowest BCUT2D eigenvalue weighted by Crippen LogP contribution is -1.96. The third kappa shape index (κ3) is 2.63. The summed E-state index contributed by atoms with van der Waals surface area (Å²) in [5.41, 5.74) is 3.49. The Bertz CT molecular complexity index is 883. The molecule has 0 radical (unpaired) electrons. The largest absolute Gasteiger partial charge is 0.327 e. The van der Waals surface area contributed by atoms with Gasteiger partial charge in [0, 0.05) is 11.9 Å². The number of aryl methyl sites for hydroxylation is 1. The van der Waals surface area contributed by atoms with Gasteiger partial charge in [-0.25, -0.2) is 4.98 Å². The number of thioether (sulfide) groups is 1. The van der Waals surface area contributed by atoms with Crippen LogP contribution in [0.1, 0.15) is 11.4 Å². The molecule has 0 aliphatic rings. The van der Waals surface area contributed by atoms with Gasteiger partial charge >= 0.3 is 0 Å². The number of hydrogen-bond acceptors (Lipinski definition) is 3. The minimum absolute atomic E-state index is 0.565. The summed E-state index contributed by atoms with van der Waals surface area (Å²) in [6, 6.07) is 18.3. The molecule has 3 nitrogen and oxygen atoms in total. The molecule has 0 N–H and O–H groups in total. The molecule has 0 aliphatic carbocycles. The van der Waals surface area contributed by atoms with E-state index in [-0.39, 0.29) is 0 Å². The standard InChI is InChI=1S/C18H15N3S/c1-21-17-6-4-3-5-16(17)20-18(21)14(12-19)11-13-7-9-15(22-2)10-8-13/h3-11H,1-2H3/b14-11+. The average molecular weight is 305 g/mol. The zero-order chi connectivity index (χ0) is 15.5. The molecule has 1 heterocycles. The molecule has 22 heavy (non-hydrogen) atoms. The molecule has 4 heteroatoms. The summed E-state index contributed by atoms with van der Waals surface area (Å²) in [6.07, 6.45) is 3.93. The number of nitriles is 1. The fraction of sp³-hybridized carbons (Fsp3) is 0.111. The van der Waals surface area contributed by atoms with Gasteiger partial charge in [0.2, 0.25) is 0 Å². The van der Waals surface area contributed by atoms with Gasteiger partial charge in [-0.1, -0.05) is 24.3 Å². The Balaban J connectivity index is 2.07. The summed E-state index contributed by atoms with van der Waals surface area (Å²) < 4.78 is 1.96. The molecular formula is C18H15N3S. The molecule has 0 fully saturated rings. The first-order chi connectivity index (χ1) is 10.7. The van der Waals surface area contributed by atoms with Crippen LogP contribution >= 0.6 is 11.8 Å². The normalized spacial score (nSPS) is 11.6. The molecule has 3 rings (SSSR count). The van der Waals surface area contributed by atoms with Gasteiger partial charge in [-0.15, -0.1) is 11.8 Å². The van der Waals surface area contributed by atoms with E-state index in [1.165, 1.54) is 4.90 Å². The molecule has 0 unspecified atom stereocenters. The van der Waals surface area contributed by atoms with Crippen molar-refractivity contribution in [3.8, 4) is 6.07 Å². The van der Waals surface area contributed by atoms with Crippen molar-refractivity contribution in [2.45, 2.75) is 4.90 Å². The van der Waals surface area contributed by atoms with E-state index in [4.69, 9.17) is 0 Å². The molecule has 0 aliphatic heterocycles. The van der Waals surface area contributed by atoms with Crippen molar-refractivity contribution in [1.82, 2.24) is 9.55 Å². The molecule has 0 amide bonds. The number of rotatable bonds is 3. The molecule has 0 saturated heterocycles. The van der Waals surface area contributed by atoms with Crippen LogP contribution in [-0.2, 0) is 7.05 Å². The topological polar surface area (TPSA) is 41.6 Å². The zero-order valence-electron chi connectivity index (χ0n) is 12.4. The zero-order valence-corrected chi connectivity index (χ0v) is 13.3. The van der Waals surface area contributed by atoms with Crippen LogP contribution in [0.5, 0.6) is 0 Å². The first kappa shape index (κ1) is 14.4. The fourth-order valence-electron chi connectivity index (χ4n) is 2.40. The predicted molar refractivity (Wildman–Crippen MR) is 92.4 cm³/mol. The lowest BCUT2D eigenvalue weighted by molar-refractivity contribution is 0.925. The summed E-state index contributed by atoms with van der Waals surface area (Å²) in [7, 11) is 1.94. The fourth-order valence-corrected chi connectivity index (χ4v) is 2.81. The minimum atomic E-state index is 0.565. The SMILES string of the molecule is CSc1ccc(/C=C(\C#N)c2nc3ccccc3n2C)cc1. The maximum Gasteiger partial charge on any atom is 0.151 e. The van der Waals surface area contributed by atoms with Crippen molar-refractivity contribution in [2.75, 3.05) is 6.26 Å². The van der Waals surface area contributed by atoms with E-state index in [0.717, 1.165) is 16.6 Å². The Morgan fingerprint density at radius 3 is 2.55 bits per heavy atom. The summed E-state index contributed by atoms with van der Waals surface area (Å²) in [4.78, 5) is 5.79. The third-order valence-corrected chi connectivity index (χ3v) is 4.32. The van der Waals surface area contributed by atoms with E-state index >= 15 is 0 Å². The number of aromatic nitrogens is 2. The van der Waals surface area contributed by atoms with Crippen LogP contribution in [0.15, 0.2) is 53.4 Å². The Labute approximate surface area is 133 Å². The summed E-state index contributed by atoms with van der Waals surface area (Å²) in [6.45, 7) is 0. The first-order valence-corrected chi connectivity index (χ1v) is 8.13. The van der Waals surface area contributed by atoms with Crippen LogP contribution < -0.4 is 0 Å². The minimum Gasteiger partial charge on any atom is -0.327 e. The molecule has 0 bridgehead atoms. The van der Waals surface area contributed by atoms with Gasteiger partial charge in [0.05, 0.1) is 16.6 Å². The average Bonchev–Trinajstić information content (AvgIpc) is 2.90. The van der Waals surface area contributed by atoms with Gasteiger partial charge in [0.1, 0.15) is 6.07 Å². The van der Waals surface area contributed by atoms with Gasteiger partial charge in [-0.3, -0.25) is 0 Å². The van der Waals surface area contributed by atoms with Crippen molar-refractivity contribution in [3.05, 3.63) is 59.9 Å². The van der Waals surface area contributed by atoms with Crippen LogP contribution in [0.2, 0.25) is 0 Å². The number of imidazole rings is 1. The molecular weight excluding hydrogens is 290 g/mol. The second-order valence-corrected chi connectivity index (χ2v) is 5.81. The van der Waals surface area contributed by atoms with Gasteiger partial charge < -0.3 is 4.57 Å². The van der Waals surface area contributed by atoms with Crippen molar-refractivity contribution in [3.63, 3.8) is 0 Å². The highest BCUT2D eigenvalue weighted by atomic mass is 32.2. The van der Waals surface area contributed by atoms with E-state index in [1.807, 2.05) is 60.3 Å². The number of nitrogens with zero attached hydrogens (tertiary/aromatic N) is 3. The van der Waals surface area contributed by atoms with E-state index in [2.05, 4.69) is 23.2 Å². The first-order valence-electron chi connectivity index (χ1n) is 6.90. The molecule has 2 aromatic carbocycles. The van der Waals surface area contributed by atoms with E-state index in [1.54, 1.807) is 11.8 Å².